The molecule has 3 aromatic rings. The predicted molar refractivity (Wildman–Crippen MR) is 125 cm³/mol. The van der Waals surface area contributed by atoms with Gasteiger partial charge in [0, 0.05) is 5.56 Å². The van der Waals surface area contributed by atoms with Gasteiger partial charge in [-0.1, -0.05) is 42.5 Å². The number of nitrogens with one attached hydrogen (secondary N) is 1. The average Bonchev–Trinajstić information content (AvgIpc) is 3.09. The van der Waals surface area contributed by atoms with E-state index in [0.29, 0.717) is 28.5 Å². The van der Waals surface area contributed by atoms with E-state index in [1.165, 1.54) is 4.90 Å². The maximum Gasteiger partial charge on any atom is 0.278 e. The number of ether oxygens (including phenoxy) is 3. The van der Waals surface area contributed by atoms with E-state index >= 15 is 0 Å². The van der Waals surface area contributed by atoms with E-state index < -0.39 is 11.8 Å². The molecule has 3 aromatic carbocycles. The number of anilines is 1. The quantitative estimate of drug-likeness (QED) is 0.527. The summed E-state index contributed by atoms with van der Waals surface area (Å²) in [6.45, 7) is 0.0818. The molecule has 1 aliphatic heterocycles. The van der Waals surface area contributed by atoms with Crippen LogP contribution in [0.1, 0.15) is 11.1 Å². The summed E-state index contributed by atoms with van der Waals surface area (Å²) in [7, 11) is 4.68. The van der Waals surface area contributed by atoms with E-state index in [1.807, 2.05) is 30.3 Å². The fraction of sp³-hybridized carbons (Fsp3) is 0.154. The van der Waals surface area contributed by atoms with Crippen LogP contribution in [0.25, 0.3) is 5.57 Å². The number of carbonyl (C=O) groups is 2. The number of hydrogen-bond acceptors (Lipinski definition) is 6. The van der Waals surface area contributed by atoms with Crippen LogP contribution in [0.5, 0.6) is 17.2 Å². The molecule has 0 fully saturated rings. The molecular formula is C26H24N2O5. The smallest absolute Gasteiger partial charge is 0.278 e. The second-order valence-electron chi connectivity index (χ2n) is 7.31. The van der Waals surface area contributed by atoms with Crippen molar-refractivity contribution in [1.29, 1.82) is 0 Å². The lowest BCUT2D eigenvalue weighted by Gasteiger charge is -2.17. The zero-order chi connectivity index (χ0) is 23.4. The van der Waals surface area contributed by atoms with Crippen LogP contribution < -0.4 is 19.5 Å². The number of amides is 2. The van der Waals surface area contributed by atoms with Gasteiger partial charge in [-0.05, 0) is 35.9 Å². The maximum absolute atomic E-state index is 13.5. The molecule has 7 nitrogen and oxygen atoms in total. The first kappa shape index (κ1) is 22.0. The lowest BCUT2D eigenvalue weighted by Crippen LogP contribution is -2.32. The van der Waals surface area contributed by atoms with Crippen molar-refractivity contribution in [3.63, 3.8) is 0 Å². The molecule has 0 bridgehead atoms. The molecule has 1 aliphatic rings. The van der Waals surface area contributed by atoms with Gasteiger partial charge in [-0.25, -0.2) is 0 Å². The largest absolute Gasteiger partial charge is 0.497 e. The van der Waals surface area contributed by atoms with Gasteiger partial charge in [0.2, 0.25) is 0 Å². The van der Waals surface area contributed by atoms with Crippen molar-refractivity contribution < 1.29 is 23.8 Å². The summed E-state index contributed by atoms with van der Waals surface area (Å²) in [6.07, 6.45) is 0. The van der Waals surface area contributed by atoms with Crippen LogP contribution in [-0.2, 0) is 16.1 Å². The molecule has 2 amide bonds. The summed E-state index contributed by atoms with van der Waals surface area (Å²) >= 11 is 0. The van der Waals surface area contributed by atoms with Gasteiger partial charge in [0.05, 0.1) is 39.1 Å². The zero-order valence-corrected chi connectivity index (χ0v) is 18.6. The molecule has 1 heterocycles. The van der Waals surface area contributed by atoms with Gasteiger partial charge in [0.15, 0.2) is 0 Å². The minimum atomic E-state index is -0.428. The van der Waals surface area contributed by atoms with Gasteiger partial charge in [-0.15, -0.1) is 0 Å². The number of carbonyl (C=O) groups excluding carboxylic acids is 2. The lowest BCUT2D eigenvalue weighted by atomic mass is 10.0. The van der Waals surface area contributed by atoms with Crippen molar-refractivity contribution in [2.45, 2.75) is 6.54 Å². The first-order valence-electron chi connectivity index (χ1n) is 10.3. The van der Waals surface area contributed by atoms with E-state index in [-0.39, 0.29) is 17.8 Å². The molecule has 168 valence electrons. The minimum Gasteiger partial charge on any atom is -0.497 e. The van der Waals surface area contributed by atoms with Gasteiger partial charge < -0.3 is 19.5 Å². The number of benzene rings is 3. The second-order valence-corrected chi connectivity index (χ2v) is 7.31. The summed E-state index contributed by atoms with van der Waals surface area (Å²) in [5.74, 6) is 0.995. The third-order valence-corrected chi connectivity index (χ3v) is 5.43. The van der Waals surface area contributed by atoms with Gasteiger partial charge >= 0.3 is 0 Å². The number of imide groups is 1. The Morgan fingerprint density at radius 3 is 2.03 bits per heavy atom. The predicted octanol–water partition coefficient (Wildman–Crippen LogP) is 4.10. The lowest BCUT2D eigenvalue weighted by molar-refractivity contribution is -0.137. The Balaban J connectivity index is 1.77. The number of nitrogens with zero attached hydrogens (tertiary/aromatic N) is 1. The third kappa shape index (κ3) is 4.25. The Morgan fingerprint density at radius 1 is 0.727 bits per heavy atom. The Morgan fingerprint density at radius 2 is 1.36 bits per heavy atom. The fourth-order valence-electron chi connectivity index (χ4n) is 3.75. The Bertz CT molecular complexity index is 1220. The summed E-state index contributed by atoms with van der Waals surface area (Å²) in [5.41, 5.74) is 2.39. The monoisotopic (exact) mass is 444 g/mol. The highest BCUT2D eigenvalue weighted by atomic mass is 16.5. The molecule has 0 aliphatic carbocycles. The van der Waals surface area contributed by atoms with Crippen molar-refractivity contribution in [2.75, 3.05) is 26.6 Å². The molecule has 0 aromatic heterocycles. The average molecular weight is 444 g/mol. The van der Waals surface area contributed by atoms with Crippen molar-refractivity contribution in [1.82, 2.24) is 4.90 Å². The minimum absolute atomic E-state index is 0.0818. The molecule has 0 saturated carbocycles. The molecule has 1 N–H and O–H groups in total. The highest BCUT2D eigenvalue weighted by Crippen LogP contribution is 2.35. The van der Waals surface area contributed by atoms with E-state index in [0.717, 1.165) is 5.56 Å². The number of methoxy groups -OCH3 is 3. The zero-order valence-electron chi connectivity index (χ0n) is 18.6. The van der Waals surface area contributed by atoms with Gasteiger partial charge in [-0.3, -0.25) is 14.5 Å². The van der Waals surface area contributed by atoms with Crippen LogP contribution in [0, 0.1) is 0 Å². The first-order valence-corrected chi connectivity index (χ1v) is 10.3. The molecule has 0 spiro atoms. The van der Waals surface area contributed by atoms with Crippen LogP contribution in [0.3, 0.4) is 0 Å². The second kappa shape index (κ2) is 9.48. The number of hydrogen-bond donors (Lipinski definition) is 1. The van der Waals surface area contributed by atoms with E-state index in [2.05, 4.69) is 5.32 Å². The normalized spacial score (nSPS) is 13.4. The molecule has 0 saturated heterocycles. The third-order valence-electron chi connectivity index (χ3n) is 5.43. The van der Waals surface area contributed by atoms with Crippen molar-refractivity contribution >= 4 is 23.1 Å². The topological polar surface area (TPSA) is 77.1 Å². The fourth-order valence-corrected chi connectivity index (χ4v) is 3.75. The Hall–Kier alpha value is -4.26. The van der Waals surface area contributed by atoms with Crippen LogP contribution in [-0.4, -0.2) is 38.0 Å². The van der Waals surface area contributed by atoms with E-state index in [4.69, 9.17) is 14.2 Å². The van der Waals surface area contributed by atoms with Crippen molar-refractivity contribution in [3.8, 4) is 17.2 Å². The van der Waals surface area contributed by atoms with Crippen molar-refractivity contribution in [3.05, 3.63) is 89.6 Å². The molecule has 4 rings (SSSR count). The molecular weight excluding hydrogens is 420 g/mol. The van der Waals surface area contributed by atoms with Crippen molar-refractivity contribution in [2.24, 2.45) is 0 Å². The summed E-state index contributed by atoms with van der Waals surface area (Å²) in [4.78, 5) is 28.3. The number of para-hydroxylation sites is 3. The molecule has 33 heavy (non-hydrogen) atoms. The maximum atomic E-state index is 13.5. The van der Waals surface area contributed by atoms with Crippen LogP contribution >= 0.6 is 0 Å². The highest BCUT2D eigenvalue weighted by molar-refractivity contribution is 6.36. The van der Waals surface area contributed by atoms with Crippen LogP contribution in [0.2, 0.25) is 0 Å². The van der Waals surface area contributed by atoms with Gasteiger partial charge in [-0.2, -0.15) is 0 Å². The summed E-state index contributed by atoms with van der Waals surface area (Å²) < 4.78 is 16.1. The van der Waals surface area contributed by atoms with Gasteiger partial charge in [0.25, 0.3) is 11.8 Å². The van der Waals surface area contributed by atoms with E-state index in [1.54, 1.807) is 63.8 Å². The molecule has 7 heteroatoms. The van der Waals surface area contributed by atoms with E-state index in [9.17, 15) is 9.59 Å². The SMILES string of the molecule is COc1ccc(C2=C(Nc3ccccc3OC)C(=O)N(Cc3ccccc3OC)C2=O)cc1. The van der Waals surface area contributed by atoms with Crippen LogP contribution in [0.4, 0.5) is 5.69 Å². The van der Waals surface area contributed by atoms with Crippen LogP contribution in [0.15, 0.2) is 78.5 Å². The standard InChI is InChI=1S/C26H24N2O5/c1-31-19-14-12-17(13-15-19)23-24(27-20-9-5-7-11-22(20)33-3)26(30)28(25(23)29)16-18-8-4-6-10-21(18)32-2/h4-15,27H,16H2,1-3H3. The first-order chi connectivity index (χ1) is 16.1. The van der Waals surface area contributed by atoms with Gasteiger partial charge in [0.1, 0.15) is 22.9 Å². The number of rotatable bonds is 8. The Labute approximate surface area is 192 Å². The summed E-state index contributed by atoms with van der Waals surface area (Å²) in [5, 5.41) is 3.14. The molecule has 0 unspecified atom stereocenters. The molecule has 0 atom stereocenters. The highest BCUT2D eigenvalue weighted by Gasteiger charge is 2.39. The Kier molecular flexibility index (Phi) is 6.31. The summed E-state index contributed by atoms with van der Waals surface area (Å²) in [6, 6.07) is 21.6. The molecule has 0 radical (unpaired) electrons.